The molecule has 0 saturated heterocycles. The van der Waals surface area contributed by atoms with Gasteiger partial charge in [0, 0.05) is 11.9 Å². The summed E-state index contributed by atoms with van der Waals surface area (Å²) in [5.41, 5.74) is 2.13. The fourth-order valence-electron chi connectivity index (χ4n) is 1.49. The second kappa shape index (κ2) is 5.91. The van der Waals surface area contributed by atoms with Crippen LogP contribution in [0, 0.1) is 6.92 Å². The molecule has 0 bridgehead atoms. The summed E-state index contributed by atoms with van der Waals surface area (Å²) < 4.78 is 0. The van der Waals surface area contributed by atoms with E-state index in [0.717, 1.165) is 5.56 Å². The van der Waals surface area contributed by atoms with Crippen LogP contribution in [0.15, 0.2) is 36.5 Å². The number of pyridine rings is 1. The zero-order valence-corrected chi connectivity index (χ0v) is 11.6. The van der Waals surface area contributed by atoms with E-state index in [4.69, 9.17) is 23.2 Å². The van der Waals surface area contributed by atoms with Gasteiger partial charge in [-0.1, -0.05) is 29.3 Å². The summed E-state index contributed by atoms with van der Waals surface area (Å²) in [6.07, 6.45) is 1.51. The first-order valence-electron chi connectivity index (χ1n) is 5.50. The van der Waals surface area contributed by atoms with Gasteiger partial charge in [0.05, 0.1) is 10.7 Å². The highest BCUT2D eigenvalue weighted by Crippen LogP contribution is 2.23. The minimum atomic E-state index is -0.395. The van der Waals surface area contributed by atoms with E-state index in [2.05, 4.69) is 15.6 Å². The number of hydrogen-bond acceptors (Lipinski definition) is 2. The fourth-order valence-corrected chi connectivity index (χ4v) is 1.94. The lowest BCUT2D eigenvalue weighted by Gasteiger charge is -2.09. The molecule has 0 fully saturated rings. The predicted molar refractivity (Wildman–Crippen MR) is 78.1 cm³/mol. The molecule has 0 unspecified atom stereocenters. The smallest absolute Gasteiger partial charge is 0.308 e. The third-order valence-corrected chi connectivity index (χ3v) is 2.88. The minimum absolute atomic E-state index is 0.311. The lowest BCUT2D eigenvalue weighted by Crippen LogP contribution is -2.19. The van der Waals surface area contributed by atoms with Crippen LogP contribution in [0.2, 0.25) is 10.2 Å². The lowest BCUT2D eigenvalue weighted by molar-refractivity contribution is 0.262. The van der Waals surface area contributed by atoms with Crippen LogP contribution in [0.25, 0.3) is 0 Å². The van der Waals surface area contributed by atoms with Gasteiger partial charge in [-0.05, 0) is 36.8 Å². The molecule has 0 aliphatic heterocycles. The van der Waals surface area contributed by atoms with Crippen LogP contribution in [-0.4, -0.2) is 11.0 Å². The highest BCUT2D eigenvalue weighted by molar-refractivity contribution is 6.34. The number of aromatic nitrogens is 1. The normalized spacial score (nSPS) is 10.1. The third kappa shape index (κ3) is 3.84. The van der Waals surface area contributed by atoms with Gasteiger partial charge in [-0.2, -0.15) is 0 Å². The van der Waals surface area contributed by atoms with E-state index < -0.39 is 6.03 Å². The summed E-state index contributed by atoms with van der Waals surface area (Å²) in [6.45, 7) is 1.93. The van der Waals surface area contributed by atoms with Gasteiger partial charge in [0.15, 0.2) is 0 Å². The Morgan fingerprint density at radius 3 is 2.63 bits per heavy atom. The number of nitrogens with zero attached hydrogens (tertiary/aromatic N) is 1. The van der Waals surface area contributed by atoms with Gasteiger partial charge >= 0.3 is 6.03 Å². The van der Waals surface area contributed by atoms with E-state index in [1.165, 1.54) is 6.20 Å². The Balaban J connectivity index is 2.05. The van der Waals surface area contributed by atoms with Crippen molar-refractivity contribution in [3.8, 4) is 0 Å². The van der Waals surface area contributed by atoms with Gasteiger partial charge in [-0.25, -0.2) is 9.78 Å². The van der Waals surface area contributed by atoms with E-state index in [9.17, 15) is 4.79 Å². The van der Waals surface area contributed by atoms with Crippen LogP contribution in [-0.2, 0) is 0 Å². The van der Waals surface area contributed by atoms with Crippen molar-refractivity contribution < 1.29 is 4.79 Å². The van der Waals surface area contributed by atoms with Crippen molar-refractivity contribution in [2.75, 3.05) is 10.6 Å². The van der Waals surface area contributed by atoms with Gasteiger partial charge in [-0.3, -0.25) is 0 Å². The molecule has 1 aromatic carbocycles. The van der Waals surface area contributed by atoms with Gasteiger partial charge in [0.25, 0.3) is 0 Å². The number of nitrogens with one attached hydrogen (secondary N) is 2. The topological polar surface area (TPSA) is 54.0 Å². The second-order valence-electron chi connectivity index (χ2n) is 3.93. The van der Waals surface area contributed by atoms with Crippen LogP contribution >= 0.6 is 23.2 Å². The Labute approximate surface area is 120 Å². The Hall–Kier alpha value is -1.78. The lowest BCUT2D eigenvalue weighted by atomic mass is 10.2. The summed E-state index contributed by atoms with van der Waals surface area (Å²) in [5.74, 6) is 0. The molecule has 19 heavy (non-hydrogen) atoms. The Kier molecular flexibility index (Phi) is 4.24. The predicted octanol–water partition coefficient (Wildman–Crippen LogP) is 4.34. The van der Waals surface area contributed by atoms with Crippen LogP contribution in [0.3, 0.4) is 0 Å². The number of carbonyl (C=O) groups excluding carboxylic acids is 1. The van der Waals surface area contributed by atoms with Gasteiger partial charge < -0.3 is 10.6 Å². The van der Waals surface area contributed by atoms with E-state index in [1.54, 1.807) is 24.3 Å². The summed E-state index contributed by atoms with van der Waals surface area (Å²) >= 11 is 11.8. The number of benzene rings is 1. The first kappa shape index (κ1) is 13.6. The molecule has 0 spiro atoms. The molecule has 1 aromatic heterocycles. The largest absolute Gasteiger partial charge is 0.323 e. The maximum atomic E-state index is 11.8. The van der Waals surface area contributed by atoms with Gasteiger partial charge in [0.1, 0.15) is 5.15 Å². The summed E-state index contributed by atoms with van der Waals surface area (Å²) in [7, 11) is 0. The third-order valence-electron chi connectivity index (χ3n) is 2.36. The van der Waals surface area contributed by atoms with E-state index in [0.29, 0.717) is 21.6 Å². The first-order chi connectivity index (χ1) is 9.04. The highest BCUT2D eigenvalue weighted by Gasteiger charge is 2.06. The summed E-state index contributed by atoms with van der Waals surface area (Å²) in [4.78, 5) is 15.6. The number of urea groups is 1. The van der Waals surface area contributed by atoms with Crippen LogP contribution in [0.1, 0.15) is 5.56 Å². The summed E-state index contributed by atoms with van der Waals surface area (Å²) in [6, 6.07) is 8.19. The monoisotopic (exact) mass is 295 g/mol. The molecule has 98 valence electrons. The molecule has 0 radical (unpaired) electrons. The molecule has 1 heterocycles. The number of aryl methyl sites for hydroxylation is 1. The molecule has 2 amide bonds. The van der Waals surface area contributed by atoms with Crippen molar-refractivity contribution in [3.63, 3.8) is 0 Å². The highest BCUT2D eigenvalue weighted by atomic mass is 35.5. The number of amides is 2. The van der Waals surface area contributed by atoms with E-state index in [-0.39, 0.29) is 0 Å². The van der Waals surface area contributed by atoms with Gasteiger partial charge in [-0.15, -0.1) is 0 Å². The molecule has 0 atom stereocenters. The minimum Gasteiger partial charge on any atom is -0.308 e. The number of hydrogen-bond donors (Lipinski definition) is 2. The molecule has 4 nitrogen and oxygen atoms in total. The van der Waals surface area contributed by atoms with Crippen LogP contribution in [0.5, 0.6) is 0 Å². The van der Waals surface area contributed by atoms with Crippen molar-refractivity contribution in [1.82, 2.24) is 4.98 Å². The molecular formula is C13H11Cl2N3O. The van der Waals surface area contributed by atoms with Crippen molar-refractivity contribution in [3.05, 3.63) is 52.3 Å². The molecule has 2 aromatic rings. The van der Waals surface area contributed by atoms with E-state index >= 15 is 0 Å². The molecule has 6 heteroatoms. The zero-order chi connectivity index (χ0) is 13.8. The molecule has 0 aliphatic carbocycles. The molecule has 2 N–H and O–H groups in total. The first-order valence-corrected chi connectivity index (χ1v) is 6.26. The molecule has 2 rings (SSSR count). The number of rotatable bonds is 2. The second-order valence-corrected chi connectivity index (χ2v) is 4.72. The SMILES string of the molecule is Cc1ccc(NC(=O)Nc2ccnc(Cl)c2)c(Cl)c1. The number of carbonyl (C=O) groups is 1. The Morgan fingerprint density at radius 1 is 1.16 bits per heavy atom. The zero-order valence-electron chi connectivity index (χ0n) is 10.1. The Bertz CT molecular complexity index is 617. The van der Waals surface area contributed by atoms with Crippen molar-refractivity contribution in [2.24, 2.45) is 0 Å². The van der Waals surface area contributed by atoms with Crippen molar-refractivity contribution in [2.45, 2.75) is 6.92 Å². The van der Waals surface area contributed by atoms with Gasteiger partial charge in [0.2, 0.25) is 0 Å². The number of anilines is 2. The van der Waals surface area contributed by atoms with E-state index in [1.807, 2.05) is 13.0 Å². The molecule has 0 aliphatic rings. The maximum Gasteiger partial charge on any atom is 0.323 e. The average molecular weight is 296 g/mol. The van der Waals surface area contributed by atoms with Crippen LogP contribution < -0.4 is 10.6 Å². The molecule has 0 saturated carbocycles. The van der Waals surface area contributed by atoms with Crippen molar-refractivity contribution >= 4 is 40.6 Å². The fraction of sp³-hybridized carbons (Fsp3) is 0.0769. The van der Waals surface area contributed by atoms with Crippen molar-refractivity contribution in [1.29, 1.82) is 0 Å². The quantitative estimate of drug-likeness (QED) is 0.810. The Morgan fingerprint density at radius 2 is 1.95 bits per heavy atom. The molecular weight excluding hydrogens is 285 g/mol. The van der Waals surface area contributed by atoms with Crippen LogP contribution in [0.4, 0.5) is 16.2 Å². The summed E-state index contributed by atoms with van der Waals surface area (Å²) in [5, 5.41) is 6.10. The average Bonchev–Trinajstić information content (AvgIpc) is 2.33. The maximum absolute atomic E-state index is 11.8. The standard InChI is InChI=1S/C13H11Cl2N3O/c1-8-2-3-11(10(14)6-8)18-13(19)17-9-4-5-16-12(15)7-9/h2-7H,1H3,(H2,16,17,18,19). The number of halogens is 2.